The van der Waals surface area contributed by atoms with Crippen molar-refractivity contribution in [2.75, 3.05) is 0 Å². The fourth-order valence-electron chi connectivity index (χ4n) is 0.246. The molecule has 0 heterocycles. The number of hydrogen-bond acceptors (Lipinski definition) is 4. The van der Waals surface area contributed by atoms with Gasteiger partial charge in [0.15, 0.2) is 0 Å². The zero-order valence-electron chi connectivity index (χ0n) is 6.83. The Morgan fingerprint density at radius 2 is 1.75 bits per heavy atom. The number of carboxylic acid groups (broad SMARTS) is 2. The van der Waals surface area contributed by atoms with Gasteiger partial charge in [-0.1, -0.05) is 6.58 Å². The quantitative estimate of drug-likeness (QED) is 0.588. The van der Waals surface area contributed by atoms with Crippen LogP contribution in [0.15, 0.2) is 12.2 Å². The molecule has 64 valence electrons. The molecular weight excluding hydrogens is 287 g/mol. The topological polar surface area (TPSA) is 80.3 Å². The molecule has 5 heteroatoms. The third kappa shape index (κ3) is 12.5. The Balaban J connectivity index is 0. The SMILES string of the molecule is C=C(CC(=O)[O-])C(=O)[O-].C[CH2][La+2]. The standard InChI is InChI=1S/C5H6O4.C2H5.La/c1-3(5(8)9)2-4(6)7;1-2;/h1-2H2,(H,6,7)(H,8,9);1H2,2H3;/q;;+2/p-2. The summed E-state index contributed by atoms with van der Waals surface area (Å²) in [5.41, 5.74) is -0.477. The summed E-state index contributed by atoms with van der Waals surface area (Å²) < 4.78 is 1.42. The van der Waals surface area contributed by atoms with Crippen molar-refractivity contribution < 1.29 is 53.5 Å². The van der Waals surface area contributed by atoms with Crippen molar-refractivity contribution >= 4 is 11.9 Å². The van der Waals surface area contributed by atoms with Crippen molar-refractivity contribution in [3.63, 3.8) is 0 Å². The van der Waals surface area contributed by atoms with Crippen LogP contribution in [0.2, 0.25) is 2.82 Å². The second kappa shape index (κ2) is 8.97. The van der Waals surface area contributed by atoms with Gasteiger partial charge in [0.25, 0.3) is 0 Å². The molecule has 0 aliphatic heterocycles. The second-order valence-corrected chi connectivity index (χ2v) is 4.41. The molecule has 0 bridgehead atoms. The number of hydrogen-bond donors (Lipinski definition) is 0. The molecule has 0 aliphatic rings. The van der Waals surface area contributed by atoms with Gasteiger partial charge in [0.2, 0.25) is 0 Å². The monoisotopic (exact) mass is 296 g/mol. The summed E-state index contributed by atoms with van der Waals surface area (Å²) in [5.74, 6) is -3.02. The van der Waals surface area contributed by atoms with Crippen molar-refractivity contribution in [3.8, 4) is 0 Å². The molecule has 12 heavy (non-hydrogen) atoms. The number of aliphatic carboxylic acids is 2. The fraction of sp³-hybridized carbons (Fsp3) is 0.429. The molecule has 0 unspecified atom stereocenters. The van der Waals surface area contributed by atoms with E-state index in [4.69, 9.17) is 0 Å². The van der Waals surface area contributed by atoms with Gasteiger partial charge in [-0.3, -0.25) is 0 Å². The van der Waals surface area contributed by atoms with E-state index in [1.165, 1.54) is 36.6 Å². The van der Waals surface area contributed by atoms with Gasteiger partial charge in [-0.05, 0) is 5.57 Å². The van der Waals surface area contributed by atoms with E-state index in [1.54, 1.807) is 0 Å². The van der Waals surface area contributed by atoms with E-state index in [1.807, 2.05) is 0 Å². The van der Waals surface area contributed by atoms with Crippen LogP contribution in [-0.4, -0.2) is 11.9 Å². The third-order valence-electron chi connectivity index (χ3n) is 0.646. The molecule has 0 aromatic heterocycles. The van der Waals surface area contributed by atoms with Crippen LogP contribution in [0.4, 0.5) is 0 Å². The van der Waals surface area contributed by atoms with Crippen LogP contribution in [-0.2, 0) is 9.59 Å². The summed E-state index contributed by atoms with van der Waals surface area (Å²) in [6.45, 7) is 5.11. The average molecular weight is 296 g/mol. The Bertz CT molecular complexity index is 176. The molecule has 0 aromatic rings. The minimum absolute atomic E-state index is 0.477. The molecule has 0 saturated heterocycles. The molecule has 0 radical (unpaired) electrons. The van der Waals surface area contributed by atoms with E-state index in [9.17, 15) is 19.8 Å². The maximum atomic E-state index is 9.73. The predicted octanol–water partition coefficient (Wildman–Crippen LogP) is -1.59. The maximum absolute atomic E-state index is 9.73. The first-order chi connectivity index (χ1) is 5.45. The number of rotatable bonds is 3. The molecular formula is C7H9LaO4. The Labute approximate surface area is 93.3 Å². The summed E-state index contributed by atoms with van der Waals surface area (Å²) >= 11 is 1.22. The van der Waals surface area contributed by atoms with Crippen LogP contribution in [0.1, 0.15) is 13.3 Å². The van der Waals surface area contributed by atoms with Crippen LogP contribution in [0.25, 0.3) is 0 Å². The van der Waals surface area contributed by atoms with Gasteiger partial charge in [-0.15, -0.1) is 0 Å². The molecule has 0 fully saturated rings. The van der Waals surface area contributed by atoms with Gasteiger partial charge in [0, 0.05) is 12.4 Å². The first-order valence-corrected chi connectivity index (χ1v) is 5.81. The summed E-state index contributed by atoms with van der Waals surface area (Å²) in [7, 11) is 0. The van der Waals surface area contributed by atoms with E-state index in [-0.39, 0.29) is 0 Å². The molecule has 0 amide bonds. The van der Waals surface area contributed by atoms with Crippen molar-refractivity contribution in [1.82, 2.24) is 0 Å². The normalized spacial score (nSPS) is 7.92. The summed E-state index contributed by atoms with van der Waals surface area (Å²) in [6, 6.07) is 0. The molecule has 0 rings (SSSR count). The van der Waals surface area contributed by atoms with Crippen LogP contribution >= 0.6 is 0 Å². The fourth-order valence-corrected chi connectivity index (χ4v) is 0.246. The molecule has 0 spiro atoms. The second-order valence-electron chi connectivity index (χ2n) is 1.85. The van der Waals surface area contributed by atoms with Gasteiger partial charge >= 0.3 is 43.5 Å². The van der Waals surface area contributed by atoms with E-state index < -0.39 is 23.9 Å². The number of carboxylic acids is 2. The Morgan fingerprint density at radius 3 is 1.83 bits per heavy atom. The molecule has 0 saturated carbocycles. The van der Waals surface area contributed by atoms with E-state index in [2.05, 4.69) is 13.5 Å². The predicted molar refractivity (Wildman–Crippen MR) is 34.3 cm³/mol. The third-order valence-corrected chi connectivity index (χ3v) is 0.646. The summed E-state index contributed by atoms with van der Waals surface area (Å²) in [5, 5.41) is 19.4. The zero-order chi connectivity index (χ0) is 10.1. The van der Waals surface area contributed by atoms with Gasteiger partial charge in [0.05, 0.1) is 5.97 Å². The van der Waals surface area contributed by atoms with Crippen molar-refractivity contribution in [2.24, 2.45) is 0 Å². The van der Waals surface area contributed by atoms with Gasteiger partial charge in [-0.2, -0.15) is 0 Å². The first-order valence-electron chi connectivity index (χ1n) is 3.24. The van der Waals surface area contributed by atoms with E-state index >= 15 is 0 Å². The van der Waals surface area contributed by atoms with Crippen LogP contribution in [0.3, 0.4) is 0 Å². The number of carbonyl (C=O) groups is 2. The van der Waals surface area contributed by atoms with Crippen molar-refractivity contribution in [1.29, 1.82) is 0 Å². The Kier molecular flexibility index (Phi) is 10.8. The van der Waals surface area contributed by atoms with Crippen molar-refractivity contribution in [3.05, 3.63) is 12.2 Å². The van der Waals surface area contributed by atoms with E-state index in [0.29, 0.717) is 0 Å². The van der Waals surface area contributed by atoms with E-state index in [0.717, 1.165) is 0 Å². The summed E-state index contributed by atoms with van der Waals surface area (Å²) in [6.07, 6.45) is -0.678. The Morgan fingerprint density at radius 1 is 1.42 bits per heavy atom. The first kappa shape index (κ1) is 14.4. The van der Waals surface area contributed by atoms with Gasteiger partial charge in [-0.25, -0.2) is 0 Å². The molecule has 4 nitrogen and oxygen atoms in total. The average Bonchev–Trinajstić information content (AvgIpc) is 1.87. The van der Waals surface area contributed by atoms with Gasteiger partial charge < -0.3 is 19.8 Å². The molecule has 0 atom stereocenters. The van der Waals surface area contributed by atoms with Crippen LogP contribution in [0, 0.1) is 33.7 Å². The van der Waals surface area contributed by atoms with Crippen LogP contribution < -0.4 is 10.2 Å². The molecule has 0 aliphatic carbocycles. The Hall–Kier alpha value is -0.125. The minimum atomic E-state index is -1.56. The molecule has 0 N–H and O–H groups in total. The molecule has 0 aromatic carbocycles. The number of carbonyl (C=O) groups excluding carboxylic acids is 2. The summed E-state index contributed by atoms with van der Waals surface area (Å²) in [4.78, 5) is 19.4. The van der Waals surface area contributed by atoms with Crippen molar-refractivity contribution in [2.45, 2.75) is 16.2 Å². The zero-order valence-corrected chi connectivity index (χ0v) is 10.5. The van der Waals surface area contributed by atoms with Crippen LogP contribution in [0.5, 0.6) is 0 Å². The van der Waals surface area contributed by atoms with Gasteiger partial charge in [0.1, 0.15) is 0 Å².